The molecule has 1 fully saturated rings. The van der Waals surface area contributed by atoms with Gasteiger partial charge in [0.2, 0.25) is 5.91 Å². The zero-order chi connectivity index (χ0) is 15.2. The van der Waals surface area contributed by atoms with Gasteiger partial charge >= 0.3 is 0 Å². The van der Waals surface area contributed by atoms with E-state index in [-0.39, 0.29) is 18.1 Å². The summed E-state index contributed by atoms with van der Waals surface area (Å²) in [6, 6.07) is 0. The number of carbonyl (C=O) groups excluding carboxylic acids is 1. The minimum absolute atomic E-state index is 0.0776. The molecule has 1 aliphatic rings. The third-order valence-corrected chi connectivity index (χ3v) is 4.87. The van der Waals surface area contributed by atoms with E-state index in [4.69, 9.17) is 10.5 Å². The summed E-state index contributed by atoms with van der Waals surface area (Å²) in [5.74, 6) is 1.58. The van der Waals surface area contributed by atoms with Crippen molar-refractivity contribution in [3.05, 3.63) is 0 Å². The predicted molar refractivity (Wildman–Crippen MR) is 82.5 cm³/mol. The first-order chi connectivity index (χ1) is 9.48. The Morgan fingerprint density at radius 2 is 1.85 bits per heavy atom. The molecule has 0 aromatic rings. The molecule has 1 saturated carbocycles. The SMILES string of the molecule is CCN(CC)C(=O)COC1(CN)CCC(C(C)C)CC1. The molecule has 1 rings (SSSR count). The Morgan fingerprint density at radius 1 is 1.30 bits per heavy atom. The van der Waals surface area contributed by atoms with E-state index in [0.717, 1.165) is 50.6 Å². The van der Waals surface area contributed by atoms with Crippen LogP contribution in [0, 0.1) is 11.8 Å². The molecule has 0 unspecified atom stereocenters. The second kappa shape index (κ2) is 7.99. The van der Waals surface area contributed by atoms with E-state index in [1.54, 1.807) is 0 Å². The molecule has 0 aromatic carbocycles. The third kappa shape index (κ3) is 4.45. The van der Waals surface area contributed by atoms with Crippen molar-refractivity contribution in [2.75, 3.05) is 26.2 Å². The number of ether oxygens (including phenoxy) is 1. The summed E-state index contributed by atoms with van der Waals surface area (Å²) in [6.45, 7) is 10.7. The quantitative estimate of drug-likeness (QED) is 0.781. The van der Waals surface area contributed by atoms with Crippen LogP contribution in [-0.2, 0) is 9.53 Å². The van der Waals surface area contributed by atoms with Crippen molar-refractivity contribution >= 4 is 5.91 Å². The van der Waals surface area contributed by atoms with Gasteiger partial charge in [0, 0.05) is 19.6 Å². The number of nitrogens with zero attached hydrogens (tertiary/aromatic N) is 1. The van der Waals surface area contributed by atoms with E-state index < -0.39 is 0 Å². The average molecular weight is 284 g/mol. The summed E-state index contributed by atoms with van der Waals surface area (Å²) >= 11 is 0. The third-order valence-electron chi connectivity index (χ3n) is 4.87. The zero-order valence-electron chi connectivity index (χ0n) is 13.7. The Hall–Kier alpha value is -0.610. The van der Waals surface area contributed by atoms with Gasteiger partial charge in [-0.05, 0) is 51.4 Å². The number of likely N-dealkylation sites (N-methyl/N-ethyl adjacent to an activating group) is 1. The van der Waals surface area contributed by atoms with Gasteiger partial charge < -0.3 is 15.4 Å². The smallest absolute Gasteiger partial charge is 0.248 e. The van der Waals surface area contributed by atoms with Gasteiger partial charge in [0.1, 0.15) is 6.61 Å². The van der Waals surface area contributed by atoms with Crippen molar-refractivity contribution in [1.29, 1.82) is 0 Å². The Kier molecular flexibility index (Phi) is 6.96. The normalized spacial score (nSPS) is 26.8. The maximum atomic E-state index is 12.0. The fourth-order valence-corrected chi connectivity index (χ4v) is 3.12. The standard InChI is InChI=1S/C16H32N2O2/c1-5-18(6-2)15(19)11-20-16(12-17)9-7-14(8-10-16)13(3)4/h13-14H,5-12,17H2,1-4H3. The molecule has 0 spiro atoms. The first-order valence-corrected chi connectivity index (χ1v) is 8.09. The van der Waals surface area contributed by atoms with Crippen molar-refractivity contribution in [1.82, 2.24) is 4.90 Å². The molecule has 1 aliphatic carbocycles. The monoisotopic (exact) mass is 284 g/mol. The number of hydrogen-bond donors (Lipinski definition) is 1. The summed E-state index contributed by atoms with van der Waals surface area (Å²) in [4.78, 5) is 13.8. The fraction of sp³-hybridized carbons (Fsp3) is 0.938. The van der Waals surface area contributed by atoms with E-state index in [1.807, 2.05) is 18.7 Å². The van der Waals surface area contributed by atoms with Crippen LogP contribution in [0.2, 0.25) is 0 Å². The van der Waals surface area contributed by atoms with Gasteiger partial charge in [-0.2, -0.15) is 0 Å². The van der Waals surface area contributed by atoms with Crippen LogP contribution < -0.4 is 5.73 Å². The van der Waals surface area contributed by atoms with E-state index in [1.165, 1.54) is 0 Å². The van der Waals surface area contributed by atoms with Crippen LogP contribution in [0.15, 0.2) is 0 Å². The molecule has 4 nitrogen and oxygen atoms in total. The lowest BCUT2D eigenvalue weighted by molar-refractivity contribution is -0.146. The molecule has 0 saturated heterocycles. The Morgan fingerprint density at radius 3 is 2.25 bits per heavy atom. The summed E-state index contributed by atoms with van der Waals surface area (Å²) in [5.41, 5.74) is 5.67. The lowest BCUT2D eigenvalue weighted by atomic mass is 9.74. The van der Waals surface area contributed by atoms with Gasteiger partial charge in [-0.15, -0.1) is 0 Å². The number of amides is 1. The molecule has 4 heteroatoms. The van der Waals surface area contributed by atoms with E-state index in [9.17, 15) is 4.79 Å². The first-order valence-electron chi connectivity index (χ1n) is 8.09. The van der Waals surface area contributed by atoms with E-state index in [0.29, 0.717) is 6.54 Å². The van der Waals surface area contributed by atoms with Crippen LogP contribution in [-0.4, -0.2) is 42.6 Å². The van der Waals surface area contributed by atoms with Crippen LogP contribution in [0.5, 0.6) is 0 Å². The Bertz CT molecular complexity index is 293. The topological polar surface area (TPSA) is 55.6 Å². The number of carbonyl (C=O) groups is 1. The lowest BCUT2D eigenvalue weighted by Gasteiger charge is -2.40. The molecule has 118 valence electrons. The van der Waals surface area contributed by atoms with Crippen molar-refractivity contribution in [2.45, 2.75) is 59.0 Å². The van der Waals surface area contributed by atoms with E-state index in [2.05, 4.69) is 13.8 Å². The summed E-state index contributed by atoms with van der Waals surface area (Å²) in [7, 11) is 0. The minimum Gasteiger partial charge on any atom is -0.364 e. The van der Waals surface area contributed by atoms with E-state index >= 15 is 0 Å². The van der Waals surface area contributed by atoms with Gasteiger partial charge in [-0.1, -0.05) is 13.8 Å². The molecule has 20 heavy (non-hydrogen) atoms. The van der Waals surface area contributed by atoms with Gasteiger partial charge in [0.25, 0.3) is 0 Å². The second-order valence-corrected chi connectivity index (χ2v) is 6.32. The molecule has 2 N–H and O–H groups in total. The van der Waals surface area contributed by atoms with Crippen molar-refractivity contribution < 1.29 is 9.53 Å². The molecule has 0 radical (unpaired) electrons. The number of hydrogen-bond acceptors (Lipinski definition) is 3. The lowest BCUT2D eigenvalue weighted by Crippen LogP contribution is -2.47. The summed E-state index contributed by atoms with van der Waals surface area (Å²) in [6.07, 6.45) is 4.29. The minimum atomic E-state index is -0.270. The van der Waals surface area contributed by atoms with Crippen LogP contribution in [0.4, 0.5) is 0 Å². The number of rotatable bonds is 7. The van der Waals surface area contributed by atoms with Gasteiger partial charge in [0.15, 0.2) is 0 Å². The van der Waals surface area contributed by atoms with Gasteiger partial charge in [-0.3, -0.25) is 4.79 Å². The Labute approximate surface area is 124 Å². The van der Waals surface area contributed by atoms with Gasteiger partial charge in [-0.25, -0.2) is 0 Å². The van der Waals surface area contributed by atoms with Crippen LogP contribution in [0.1, 0.15) is 53.4 Å². The molecule has 0 aliphatic heterocycles. The van der Waals surface area contributed by atoms with Crippen LogP contribution >= 0.6 is 0 Å². The molecular formula is C16H32N2O2. The highest BCUT2D eigenvalue weighted by atomic mass is 16.5. The highest BCUT2D eigenvalue weighted by molar-refractivity contribution is 5.77. The van der Waals surface area contributed by atoms with Crippen LogP contribution in [0.3, 0.4) is 0 Å². The molecule has 1 amide bonds. The molecule has 0 bridgehead atoms. The molecule has 0 aromatic heterocycles. The summed E-state index contributed by atoms with van der Waals surface area (Å²) < 4.78 is 5.98. The Balaban J connectivity index is 2.49. The molecular weight excluding hydrogens is 252 g/mol. The second-order valence-electron chi connectivity index (χ2n) is 6.32. The highest BCUT2D eigenvalue weighted by Crippen LogP contribution is 2.37. The molecule has 0 atom stereocenters. The maximum Gasteiger partial charge on any atom is 0.248 e. The van der Waals surface area contributed by atoms with Gasteiger partial charge in [0.05, 0.1) is 5.60 Å². The zero-order valence-corrected chi connectivity index (χ0v) is 13.7. The van der Waals surface area contributed by atoms with Crippen molar-refractivity contribution in [3.63, 3.8) is 0 Å². The molecule has 0 heterocycles. The fourth-order valence-electron chi connectivity index (χ4n) is 3.12. The highest BCUT2D eigenvalue weighted by Gasteiger charge is 2.36. The average Bonchev–Trinajstić information content (AvgIpc) is 2.46. The number of nitrogens with two attached hydrogens (primary N) is 1. The summed E-state index contributed by atoms with van der Waals surface area (Å²) in [5, 5.41) is 0. The van der Waals surface area contributed by atoms with Crippen LogP contribution in [0.25, 0.3) is 0 Å². The first kappa shape index (κ1) is 17.4. The predicted octanol–water partition coefficient (Wildman–Crippen LogP) is 2.42. The largest absolute Gasteiger partial charge is 0.364 e. The van der Waals surface area contributed by atoms with Crippen molar-refractivity contribution in [2.24, 2.45) is 17.6 Å². The van der Waals surface area contributed by atoms with Crippen molar-refractivity contribution in [3.8, 4) is 0 Å². The maximum absolute atomic E-state index is 12.0.